The fourth-order valence-corrected chi connectivity index (χ4v) is 3.46. The summed E-state index contributed by atoms with van der Waals surface area (Å²) < 4.78 is 16.1. The molecule has 1 aliphatic rings. The number of hydrogen-bond donors (Lipinski definition) is 3. The lowest BCUT2D eigenvalue weighted by Crippen LogP contribution is -2.38. The van der Waals surface area contributed by atoms with Crippen LogP contribution in [0.15, 0.2) is 40.1 Å². The van der Waals surface area contributed by atoms with E-state index in [1.54, 1.807) is 6.07 Å². The number of nitrogens with zero attached hydrogens (tertiary/aromatic N) is 2. The van der Waals surface area contributed by atoms with Crippen LogP contribution < -0.4 is 11.2 Å². The lowest BCUT2D eigenvalue weighted by molar-refractivity contribution is -0.385. The minimum atomic E-state index is -1.55. The zero-order valence-electron chi connectivity index (χ0n) is 17.1. The number of halogens is 1. The third-order valence-corrected chi connectivity index (χ3v) is 5.30. The van der Waals surface area contributed by atoms with Crippen molar-refractivity contribution < 1.29 is 34.1 Å². The first-order valence-electron chi connectivity index (χ1n) is 9.60. The molecule has 14 heteroatoms. The van der Waals surface area contributed by atoms with Gasteiger partial charge in [-0.05, 0) is 6.92 Å². The number of para-hydroxylation sites is 1. The van der Waals surface area contributed by atoms with E-state index in [0.717, 1.165) is 4.57 Å². The number of aryl methyl sites for hydroxylation is 1. The van der Waals surface area contributed by atoms with E-state index >= 15 is 0 Å². The smallest absolute Gasteiger partial charge is 0.432 e. The minimum absolute atomic E-state index is 0.152. The molecule has 1 fully saturated rings. The number of nitro benzene ring substituents is 1. The molecule has 3 rings (SSSR count). The van der Waals surface area contributed by atoms with Crippen LogP contribution in [0.25, 0.3) is 0 Å². The van der Waals surface area contributed by atoms with Gasteiger partial charge in [0.25, 0.3) is 11.2 Å². The second-order valence-electron chi connectivity index (χ2n) is 7.18. The van der Waals surface area contributed by atoms with Gasteiger partial charge in [0.05, 0.1) is 15.9 Å². The third kappa shape index (κ3) is 5.39. The number of nitro groups is 1. The molecule has 0 spiro atoms. The summed E-state index contributed by atoms with van der Waals surface area (Å²) in [6.45, 7) is 0.469. The molecule has 0 radical (unpaired) electrons. The molecule has 0 amide bonds. The van der Waals surface area contributed by atoms with Gasteiger partial charge in [-0.2, -0.15) is 0 Å². The van der Waals surface area contributed by atoms with Crippen molar-refractivity contribution in [3.05, 3.63) is 72.5 Å². The molecule has 13 nitrogen and oxygen atoms in total. The van der Waals surface area contributed by atoms with Crippen LogP contribution in [0.1, 0.15) is 22.7 Å². The highest BCUT2D eigenvalue weighted by molar-refractivity contribution is 6.21. The molecule has 0 bridgehead atoms. The summed E-state index contributed by atoms with van der Waals surface area (Å²) in [4.78, 5) is 47.9. The van der Waals surface area contributed by atoms with Crippen molar-refractivity contribution in [2.24, 2.45) is 0 Å². The molecule has 3 unspecified atom stereocenters. The second-order valence-corrected chi connectivity index (χ2v) is 7.71. The van der Waals surface area contributed by atoms with Crippen LogP contribution in [0.5, 0.6) is 0 Å². The van der Waals surface area contributed by atoms with Crippen LogP contribution in [-0.4, -0.2) is 62.4 Å². The number of aliphatic hydroxyl groups is 2. The van der Waals surface area contributed by atoms with Gasteiger partial charge < -0.3 is 24.4 Å². The summed E-state index contributed by atoms with van der Waals surface area (Å²) in [6, 6.07) is 5.71. The lowest BCUT2D eigenvalue weighted by atomic mass is 10.1. The first-order chi connectivity index (χ1) is 15.6. The van der Waals surface area contributed by atoms with Crippen LogP contribution >= 0.6 is 11.6 Å². The number of carbonyl (C=O) groups excluding carboxylic acids is 1. The van der Waals surface area contributed by atoms with Crippen LogP contribution in [-0.2, 0) is 14.2 Å². The minimum Gasteiger partial charge on any atom is -0.432 e. The van der Waals surface area contributed by atoms with Crippen molar-refractivity contribution in [1.29, 1.82) is 0 Å². The summed E-state index contributed by atoms with van der Waals surface area (Å²) in [6.07, 6.45) is -5.64. The summed E-state index contributed by atoms with van der Waals surface area (Å²) in [7, 11) is 0. The Labute approximate surface area is 190 Å². The number of hydrogen-bond acceptors (Lipinski definition) is 10. The first-order valence-corrected chi connectivity index (χ1v) is 10.0. The molecule has 0 aliphatic carbocycles. The number of carbonyl (C=O) groups is 1. The summed E-state index contributed by atoms with van der Waals surface area (Å²) >= 11 is 6.10. The van der Waals surface area contributed by atoms with Crippen LogP contribution in [0, 0.1) is 17.0 Å². The van der Waals surface area contributed by atoms with Gasteiger partial charge >= 0.3 is 11.8 Å². The van der Waals surface area contributed by atoms with Gasteiger partial charge in [-0.1, -0.05) is 18.2 Å². The van der Waals surface area contributed by atoms with E-state index in [-0.39, 0.29) is 16.8 Å². The van der Waals surface area contributed by atoms with Crippen molar-refractivity contribution >= 4 is 23.4 Å². The van der Waals surface area contributed by atoms with Crippen molar-refractivity contribution in [2.45, 2.75) is 36.8 Å². The van der Waals surface area contributed by atoms with Crippen LogP contribution in [0.2, 0.25) is 0 Å². The number of H-pyrrole nitrogens is 1. The lowest BCUT2D eigenvalue weighted by Gasteiger charge is -2.17. The van der Waals surface area contributed by atoms with E-state index in [9.17, 15) is 34.7 Å². The molecule has 2 aromatic rings. The number of benzene rings is 1. The molecule has 3 N–H and O–H groups in total. The number of aromatic amines is 1. The number of nitrogens with one attached hydrogen (secondary N) is 1. The number of aromatic nitrogens is 2. The Balaban J connectivity index is 1.56. The van der Waals surface area contributed by atoms with Gasteiger partial charge in [-0.15, -0.1) is 11.6 Å². The van der Waals surface area contributed by atoms with E-state index in [1.807, 2.05) is 0 Å². The van der Waals surface area contributed by atoms with Crippen molar-refractivity contribution in [3.63, 3.8) is 0 Å². The first kappa shape index (κ1) is 24.4. The van der Waals surface area contributed by atoms with Gasteiger partial charge in [0.2, 0.25) is 0 Å². The van der Waals surface area contributed by atoms with Gasteiger partial charge in [-0.3, -0.25) is 24.5 Å². The van der Waals surface area contributed by atoms with E-state index in [4.69, 9.17) is 25.8 Å². The Bertz CT molecular complexity index is 1150. The van der Waals surface area contributed by atoms with Crippen molar-refractivity contribution in [1.82, 2.24) is 9.55 Å². The van der Waals surface area contributed by atoms with Crippen LogP contribution in [0.4, 0.5) is 10.5 Å². The highest BCUT2D eigenvalue weighted by Crippen LogP contribution is 2.30. The Morgan fingerprint density at radius 1 is 1.30 bits per heavy atom. The SMILES string of the molecule is Cc1cn([C@@H]2O[C@H](COC(=O)OCC(Cl)c3ccccc3[N+](=O)[O-])C(O)C2O)c(=O)[nH]c1=O. The molecule has 1 aromatic carbocycles. The molecular weight excluding hydrogens is 466 g/mol. The van der Waals surface area contributed by atoms with E-state index in [0.29, 0.717) is 0 Å². The van der Waals surface area contributed by atoms with E-state index < -0.39 is 65.5 Å². The Morgan fingerprint density at radius 3 is 2.70 bits per heavy atom. The molecule has 2 heterocycles. The van der Waals surface area contributed by atoms with Gasteiger partial charge in [-0.25, -0.2) is 9.59 Å². The zero-order chi connectivity index (χ0) is 24.3. The molecule has 0 saturated carbocycles. The Morgan fingerprint density at radius 2 is 2.00 bits per heavy atom. The molecule has 1 saturated heterocycles. The quantitative estimate of drug-likeness (QED) is 0.216. The number of alkyl halides is 1. The predicted molar refractivity (Wildman–Crippen MR) is 111 cm³/mol. The molecule has 1 aromatic heterocycles. The number of aliphatic hydroxyl groups excluding tert-OH is 2. The molecule has 1 aliphatic heterocycles. The van der Waals surface area contributed by atoms with Crippen LogP contribution in [0.3, 0.4) is 0 Å². The standard InChI is InChI=1S/C19H20ClN3O10/c1-9-6-22(18(27)21-16(9)26)17-15(25)14(24)13(33-17)8-32-19(28)31-7-11(20)10-4-2-3-5-12(10)23(29)30/h2-6,11,13-15,17,24-25H,7-8H2,1H3,(H,21,26,27)/t11?,13-,14?,15?,17-/m1/s1. The highest BCUT2D eigenvalue weighted by Gasteiger charge is 2.45. The largest absolute Gasteiger partial charge is 0.508 e. The fraction of sp³-hybridized carbons (Fsp3) is 0.421. The van der Waals surface area contributed by atoms with Gasteiger partial charge in [0.15, 0.2) is 6.23 Å². The van der Waals surface area contributed by atoms with Crippen molar-refractivity contribution in [2.75, 3.05) is 13.2 Å². The Kier molecular flexibility index (Phi) is 7.48. The van der Waals surface area contributed by atoms with Gasteiger partial charge in [0, 0.05) is 17.8 Å². The van der Waals surface area contributed by atoms with Gasteiger partial charge in [0.1, 0.15) is 31.5 Å². The third-order valence-electron chi connectivity index (χ3n) is 4.94. The average Bonchev–Trinajstić information content (AvgIpc) is 3.06. The molecule has 178 valence electrons. The van der Waals surface area contributed by atoms with Crippen molar-refractivity contribution in [3.8, 4) is 0 Å². The predicted octanol–water partition coefficient (Wildman–Crippen LogP) is 0.506. The Hall–Kier alpha value is -3.26. The maximum Gasteiger partial charge on any atom is 0.508 e. The second kappa shape index (κ2) is 10.1. The number of rotatable bonds is 7. The monoisotopic (exact) mass is 485 g/mol. The topological polar surface area (TPSA) is 183 Å². The molecular formula is C19H20ClN3O10. The summed E-state index contributed by atoms with van der Waals surface area (Å²) in [5.41, 5.74) is -1.36. The van der Waals surface area contributed by atoms with E-state index in [2.05, 4.69) is 4.98 Å². The maximum absolute atomic E-state index is 12.0. The summed E-state index contributed by atoms with van der Waals surface area (Å²) in [5, 5.41) is 30.5. The fourth-order valence-electron chi connectivity index (χ4n) is 3.21. The average molecular weight is 486 g/mol. The number of ether oxygens (including phenoxy) is 3. The zero-order valence-corrected chi connectivity index (χ0v) is 17.9. The molecule has 33 heavy (non-hydrogen) atoms. The molecule has 5 atom stereocenters. The summed E-state index contributed by atoms with van der Waals surface area (Å²) in [5.74, 6) is 0. The normalized spacial score (nSPS) is 23.2. The maximum atomic E-state index is 12.0. The highest BCUT2D eigenvalue weighted by atomic mass is 35.5. The van der Waals surface area contributed by atoms with E-state index in [1.165, 1.54) is 31.3 Å².